The van der Waals surface area contributed by atoms with Crippen LogP contribution in [0, 0.1) is 17.3 Å². The number of aliphatic hydroxyl groups is 1. The highest BCUT2D eigenvalue weighted by Gasteiger charge is 2.55. The van der Waals surface area contributed by atoms with Crippen LogP contribution in [0.3, 0.4) is 0 Å². The number of amides is 2. The number of benzene rings is 1. The van der Waals surface area contributed by atoms with E-state index < -0.39 is 11.0 Å². The zero-order valence-corrected chi connectivity index (χ0v) is 23.4. The van der Waals surface area contributed by atoms with Crippen molar-refractivity contribution in [3.63, 3.8) is 0 Å². The van der Waals surface area contributed by atoms with Gasteiger partial charge in [0.25, 0.3) is 0 Å². The van der Waals surface area contributed by atoms with Crippen molar-refractivity contribution in [2.24, 2.45) is 17.3 Å². The van der Waals surface area contributed by atoms with E-state index in [1.165, 1.54) is 5.56 Å². The van der Waals surface area contributed by atoms with E-state index >= 15 is 0 Å². The maximum atomic E-state index is 13.2. The number of anilines is 1. The molecule has 3 fully saturated rings. The van der Waals surface area contributed by atoms with Crippen LogP contribution in [-0.2, 0) is 15.2 Å². The van der Waals surface area contributed by atoms with E-state index in [1.807, 2.05) is 23.1 Å². The largest absolute Gasteiger partial charge is 0.380 e. The Hall–Kier alpha value is -2.84. The van der Waals surface area contributed by atoms with Gasteiger partial charge in [0, 0.05) is 57.0 Å². The van der Waals surface area contributed by atoms with Gasteiger partial charge in [0.2, 0.25) is 11.8 Å². The molecule has 8 nitrogen and oxygen atoms in total. The van der Waals surface area contributed by atoms with E-state index in [4.69, 9.17) is 0 Å². The van der Waals surface area contributed by atoms with E-state index in [0.29, 0.717) is 36.2 Å². The maximum Gasteiger partial charge on any atom is 0.228 e. The van der Waals surface area contributed by atoms with Gasteiger partial charge in [-0.25, -0.2) is 0 Å². The van der Waals surface area contributed by atoms with Gasteiger partial charge in [-0.2, -0.15) is 5.10 Å². The summed E-state index contributed by atoms with van der Waals surface area (Å²) in [7, 11) is 2.06. The molecule has 1 N–H and O–H groups in total. The van der Waals surface area contributed by atoms with Crippen molar-refractivity contribution >= 4 is 17.6 Å². The van der Waals surface area contributed by atoms with Gasteiger partial charge in [0.1, 0.15) is 5.60 Å². The second-order valence-corrected chi connectivity index (χ2v) is 12.3. The summed E-state index contributed by atoms with van der Waals surface area (Å²) in [5.41, 5.74) is 1.04. The molecule has 2 aromatic rings. The fraction of sp³-hybridized carbons (Fsp3) is 0.600. The third-order valence-electron chi connectivity index (χ3n) is 9.25. The molecule has 2 atom stereocenters. The first kappa shape index (κ1) is 26.8. The van der Waals surface area contributed by atoms with Crippen LogP contribution in [0.25, 0.3) is 0 Å². The topological polar surface area (TPSA) is 89.9 Å². The molecule has 38 heavy (non-hydrogen) atoms. The minimum absolute atomic E-state index is 0.0508. The second-order valence-electron chi connectivity index (χ2n) is 12.3. The quantitative estimate of drug-likeness (QED) is 0.629. The van der Waals surface area contributed by atoms with E-state index in [2.05, 4.69) is 55.0 Å². The minimum Gasteiger partial charge on any atom is -0.380 e. The van der Waals surface area contributed by atoms with Crippen LogP contribution < -0.4 is 4.90 Å². The van der Waals surface area contributed by atoms with E-state index in [9.17, 15) is 14.7 Å². The summed E-state index contributed by atoms with van der Waals surface area (Å²) in [5, 5.41) is 21.2. The SMILES string of the molecule is CC(=O)N1CCC(C2CC(=O)N(c3cc([C@@](O)(c4ccc(C(C)C)cc4)C4(C)CN(C)C4)cnn3)C2)CC1. The van der Waals surface area contributed by atoms with Gasteiger partial charge in [-0.05, 0) is 54.8 Å². The molecule has 5 rings (SSSR count). The lowest BCUT2D eigenvalue weighted by molar-refractivity contribution is -0.130. The first-order valence-corrected chi connectivity index (χ1v) is 13.9. The number of nitrogens with zero attached hydrogens (tertiary/aromatic N) is 5. The monoisotopic (exact) mass is 519 g/mol. The second kappa shape index (κ2) is 10.0. The molecule has 3 aliphatic heterocycles. The zero-order chi connectivity index (χ0) is 27.2. The normalized spacial score (nSPS) is 24.0. The summed E-state index contributed by atoms with van der Waals surface area (Å²) >= 11 is 0. The van der Waals surface area contributed by atoms with Crippen LogP contribution in [0.1, 0.15) is 69.6 Å². The van der Waals surface area contributed by atoms with Gasteiger partial charge in [0.05, 0.1) is 6.20 Å². The average Bonchev–Trinajstić information content (AvgIpc) is 3.29. The lowest BCUT2D eigenvalue weighted by atomic mass is 9.62. The van der Waals surface area contributed by atoms with Crippen LogP contribution in [-0.4, -0.2) is 76.7 Å². The lowest BCUT2D eigenvalue weighted by Gasteiger charge is -2.55. The van der Waals surface area contributed by atoms with Crippen molar-refractivity contribution in [3.8, 4) is 0 Å². The molecular formula is C30H41N5O3. The molecule has 8 heteroatoms. The van der Waals surface area contributed by atoms with Crippen molar-refractivity contribution in [2.45, 2.75) is 58.5 Å². The Morgan fingerprint density at radius 3 is 2.34 bits per heavy atom. The molecule has 1 unspecified atom stereocenters. The molecule has 3 aliphatic rings. The summed E-state index contributed by atoms with van der Waals surface area (Å²) in [6.45, 7) is 11.7. The Labute approximate surface area is 226 Å². The Bertz CT molecular complexity index is 1180. The van der Waals surface area contributed by atoms with Crippen LogP contribution in [0.15, 0.2) is 36.5 Å². The average molecular weight is 520 g/mol. The highest BCUT2D eigenvalue weighted by Crippen LogP contribution is 2.50. The van der Waals surface area contributed by atoms with Crippen molar-refractivity contribution in [2.75, 3.05) is 44.7 Å². The molecule has 204 valence electrons. The number of hydrogen-bond donors (Lipinski definition) is 1. The smallest absolute Gasteiger partial charge is 0.228 e. The van der Waals surface area contributed by atoms with E-state index in [-0.39, 0.29) is 17.7 Å². The first-order valence-electron chi connectivity index (χ1n) is 13.9. The van der Waals surface area contributed by atoms with Gasteiger partial charge in [0.15, 0.2) is 5.82 Å². The van der Waals surface area contributed by atoms with Crippen molar-refractivity contribution in [1.29, 1.82) is 0 Å². The molecule has 0 aliphatic carbocycles. The number of hydrogen-bond acceptors (Lipinski definition) is 6. The Morgan fingerprint density at radius 2 is 1.76 bits per heavy atom. The molecule has 4 heterocycles. The van der Waals surface area contributed by atoms with E-state index in [1.54, 1.807) is 18.0 Å². The molecule has 0 bridgehead atoms. The fourth-order valence-electron chi connectivity index (χ4n) is 6.99. The minimum atomic E-state index is -1.28. The molecule has 0 radical (unpaired) electrons. The summed E-state index contributed by atoms with van der Waals surface area (Å²) in [5.74, 6) is 1.73. The summed E-state index contributed by atoms with van der Waals surface area (Å²) in [6, 6.07) is 10.1. The van der Waals surface area contributed by atoms with Gasteiger partial charge >= 0.3 is 0 Å². The predicted molar refractivity (Wildman–Crippen MR) is 147 cm³/mol. The molecular weight excluding hydrogens is 478 g/mol. The number of rotatable bonds is 6. The fourth-order valence-corrected chi connectivity index (χ4v) is 6.99. The number of likely N-dealkylation sites (tertiary alicyclic amines) is 2. The molecule has 2 amide bonds. The summed E-state index contributed by atoms with van der Waals surface area (Å²) < 4.78 is 0. The van der Waals surface area contributed by atoms with Crippen molar-refractivity contribution in [3.05, 3.63) is 53.2 Å². The molecule has 1 aromatic heterocycles. The molecule has 3 saturated heterocycles. The van der Waals surface area contributed by atoms with Crippen LogP contribution in [0.4, 0.5) is 5.82 Å². The van der Waals surface area contributed by atoms with Crippen LogP contribution >= 0.6 is 0 Å². The summed E-state index contributed by atoms with van der Waals surface area (Å²) in [4.78, 5) is 30.7. The van der Waals surface area contributed by atoms with E-state index in [0.717, 1.165) is 44.6 Å². The summed E-state index contributed by atoms with van der Waals surface area (Å²) in [6.07, 6.45) is 3.99. The van der Waals surface area contributed by atoms with Crippen molar-refractivity contribution < 1.29 is 14.7 Å². The number of piperidine rings is 1. The lowest BCUT2D eigenvalue weighted by Crippen LogP contribution is -2.63. The Morgan fingerprint density at radius 1 is 1.11 bits per heavy atom. The number of carbonyl (C=O) groups is 2. The standard InChI is InChI=1S/C30H41N5O3/c1-20(2)22-6-8-25(9-7-22)30(38,29(4)18-33(5)19-29)26-15-27(32-31-16-26)35-17-24(14-28(35)37)23-10-12-34(13-11-23)21(3)36/h6-9,15-16,20,23-24,38H,10-14,17-19H2,1-5H3/t24?,30-/m0/s1. The van der Waals surface area contributed by atoms with Crippen molar-refractivity contribution in [1.82, 2.24) is 20.0 Å². The highest BCUT2D eigenvalue weighted by atomic mass is 16.3. The third kappa shape index (κ3) is 4.62. The predicted octanol–water partition coefficient (Wildman–Crippen LogP) is 3.40. The Balaban J connectivity index is 1.42. The maximum absolute atomic E-state index is 13.2. The van der Waals surface area contributed by atoms with Gasteiger partial charge in [-0.15, -0.1) is 5.10 Å². The molecule has 0 spiro atoms. The van der Waals surface area contributed by atoms with Gasteiger partial charge < -0.3 is 14.9 Å². The number of aromatic nitrogens is 2. The van der Waals surface area contributed by atoms with Crippen LogP contribution in [0.5, 0.6) is 0 Å². The first-order chi connectivity index (χ1) is 18.0. The third-order valence-corrected chi connectivity index (χ3v) is 9.25. The molecule has 0 saturated carbocycles. The van der Waals surface area contributed by atoms with Gasteiger partial charge in [-0.1, -0.05) is 45.0 Å². The molecule has 1 aromatic carbocycles. The highest BCUT2D eigenvalue weighted by molar-refractivity contribution is 5.94. The zero-order valence-electron chi connectivity index (χ0n) is 23.4. The van der Waals surface area contributed by atoms with Crippen LogP contribution in [0.2, 0.25) is 0 Å². The number of carbonyl (C=O) groups excluding carboxylic acids is 2. The Kier molecular flexibility index (Phi) is 7.07. The van der Waals surface area contributed by atoms with Gasteiger partial charge in [-0.3, -0.25) is 14.5 Å².